The summed E-state index contributed by atoms with van der Waals surface area (Å²) in [7, 11) is 0. The lowest BCUT2D eigenvalue weighted by molar-refractivity contribution is 0.00325. The van der Waals surface area contributed by atoms with Gasteiger partial charge in [-0.25, -0.2) is 0 Å². The zero-order valence-electron chi connectivity index (χ0n) is 12.3. The number of nitrogens with zero attached hydrogens (tertiary/aromatic N) is 2. The number of thiophene rings is 1. The molecule has 1 aromatic heterocycles. The zero-order valence-corrected chi connectivity index (χ0v) is 13.1. The number of piperazine rings is 1. The molecular weight excluding hydrogens is 252 g/mol. The standard InChI is InChI=1S/C16H26N2S/c1-3-15-9-17-7-5-4-6-16(17)10-18(15)8-14-12-19-11-13(14)2/h11-12,15-16H,3-10H2,1-2H3. The SMILES string of the molecule is CCC1CN2CCCCC2CN1Cc1cscc1C. The summed E-state index contributed by atoms with van der Waals surface area (Å²) >= 11 is 1.85. The van der Waals surface area contributed by atoms with Crippen LogP contribution in [0.4, 0.5) is 0 Å². The smallest absolute Gasteiger partial charge is 0.0248 e. The van der Waals surface area contributed by atoms with Crippen LogP contribution < -0.4 is 0 Å². The zero-order chi connectivity index (χ0) is 13.2. The van der Waals surface area contributed by atoms with E-state index in [1.807, 2.05) is 11.3 Å². The van der Waals surface area contributed by atoms with Crippen molar-refractivity contribution in [2.24, 2.45) is 0 Å². The number of fused-ring (bicyclic) bond motifs is 1. The molecule has 2 saturated heterocycles. The fourth-order valence-electron chi connectivity index (χ4n) is 3.66. The van der Waals surface area contributed by atoms with E-state index in [1.165, 1.54) is 50.9 Å². The first-order chi connectivity index (χ1) is 9.28. The van der Waals surface area contributed by atoms with E-state index in [1.54, 1.807) is 5.56 Å². The highest BCUT2D eigenvalue weighted by molar-refractivity contribution is 7.08. The Bertz CT molecular complexity index is 415. The summed E-state index contributed by atoms with van der Waals surface area (Å²) < 4.78 is 0. The summed E-state index contributed by atoms with van der Waals surface area (Å²) in [4.78, 5) is 5.51. The van der Waals surface area contributed by atoms with E-state index in [4.69, 9.17) is 0 Å². The minimum atomic E-state index is 0.758. The number of aryl methyl sites for hydroxylation is 1. The van der Waals surface area contributed by atoms with E-state index < -0.39 is 0 Å². The first kappa shape index (κ1) is 13.6. The number of rotatable bonds is 3. The third kappa shape index (κ3) is 2.88. The number of hydrogen-bond donors (Lipinski definition) is 0. The van der Waals surface area contributed by atoms with Crippen LogP contribution in [0.25, 0.3) is 0 Å². The van der Waals surface area contributed by atoms with Gasteiger partial charge in [-0.2, -0.15) is 11.3 Å². The topological polar surface area (TPSA) is 6.48 Å². The van der Waals surface area contributed by atoms with Gasteiger partial charge in [0.2, 0.25) is 0 Å². The van der Waals surface area contributed by atoms with Crippen LogP contribution >= 0.6 is 11.3 Å². The van der Waals surface area contributed by atoms with E-state index >= 15 is 0 Å². The van der Waals surface area contributed by atoms with E-state index in [-0.39, 0.29) is 0 Å². The van der Waals surface area contributed by atoms with Crippen molar-refractivity contribution < 1.29 is 0 Å². The van der Waals surface area contributed by atoms with Gasteiger partial charge in [-0.3, -0.25) is 9.80 Å². The maximum absolute atomic E-state index is 2.76. The van der Waals surface area contributed by atoms with Crippen LogP contribution in [-0.2, 0) is 6.54 Å². The van der Waals surface area contributed by atoms with Crippen molar-refractivity contribution in [1.82, 2.24) is 9.80 Å². The fraction of sp³-hybridized carbons (Fsp3) is 0.750. The maximum Gasteiger partial charge on any atom is 0.0248 e. The van der Waals surface area contributed by atoms with Crippen molar-refractivity contribution in [2.45, 2.75) is 58.2 Å². The average molecular weight is 278 g/mol. The molecule has 1 aromatic rings. The van der Waals surface area contributed by atoms with Crippen LogP contribution in [0, 0.1) is 6.92 Å². The van der Waals surface area contributed by atoms with Gasteiger partial charge in [0.1, 0.15) is 0 Å². The van der Waals surface area contributed by atoms with Gasteiger partial charge < -0.3 is 0 Å². The predicted molar refractivity (Wildman–Crippen MR) is 82.8 cm³/mol. The molecule has 2 aliphatic heterocycles. The quantitative estimate of drug-likeness (QED) is 0.835. The molecule has 0 N–H and O–H groups in total. The first-order valence-corrected chi connectivity index (χ1v) is 8.72. The highest BCUT2D eigenvalue weighted by Gasteiger charge is 2.34. The Morgan fingerprint density at radius 2 is 2.16 bits per heavy atom. The van der Waals surface area contributed by atoms with Crippen molar-refractivity contribution in [1.29, 1.82) is 0 Å². The van der Waals surface area contributed by atoms with Crippen LogP contribution in [0.1, 0.15) is 43.7 Å². The molecule has 2 unspecified atom stereocenters. The maximum atomic E-state index is 2.76. The summed E-state index contributed by atoms with van der Waals surface area (Å²) in [5, 5.41) is 4.63. The lowest BCUT2D eigenvalue weighted by Gasteiger charge is -2.48. The highest BCUT2D eigenvalue weighted by Crippen LogP contribution is 2.27. The van der Waals surface area contributed by atoms with Gasteiger partial charge in [-0.05, 0) is 54.6 Å². The van der Waals surface area contributed by atoms with Crippen molar-refractivity contribution in [2.75, 3.05) is 19.6 Å². The molecule has 0 aromatic carbocycles. The Morgan fingerprint density at radius 3 is 2.89 bits per heavy atom. The Balaban J connectivity index is 1.70. The van der Waals surface area contributed by atoms with E-state index in [9.17, 15) is 0 Å². The molecule has 106 valence electrons. The second kappa shape index (κ2) is 5.94. The van der Waals surface area contributed by atoms with Crippen molar-refractivity contribution in [3.05, 3.63) is 21.9 Å². The lowest BCUT2D eigenvalue weighted by atomic mass is 9.95. The van der Waals surface area contributed by atoms with Gasteiger partial charge in [0.15, 0.2) is 0 Å². The molecule has 0 aliphatic carbocycles. The van der Waals surface area contributed by atoms with Crippen LogP contribution in [0.15, 0.2) is 10.8 Å². The molecule has 3 heteroatoms. The lowest BCUT2D eigenvalue weighted by Crippen LogP contribution is -2.58. The third-order valence-electron chi connectivity index (χ3n) is 4.96. The Hall–Kier alpha value is -0.380. The predicted octanol–water partition coefficient (Wildman–Crippen LogP) is 3.51. The molecule has 0 saturated carbocycles. The normalized spacial score (nSPS) is 29.4. The molecule has 3 rings (SSSR count). The summed E-state index contributed by atoms with van der Waals surface area (Å²) in [6, 6.07) is 1.59. The minimum Gasteiger partial charge on any atom is -0.298 e. The molecule has 0 spiro atoms. The van der Waals surface area contributed by atoms with Crippen LogP contribution in [-0.4, -0.2) is 41.5 Å². The molecule has 2 atom stereocenters. The van der Waals surface area contributed by atoms with Gasteiger partial charge >= 0.3 is 0 Å². The van der Waals surface area contributed by atoms with Crippen LogP contribution in [0.3, 0.4) is 0 Å². The van der Waals surface area contributed by atoms with Gasteiger partial charge in [-0.15, -0.1) is 0 Å². The molecule has 2 fully saturated rings. The molecule has 2 nitrogen and oxygen atoms in total. The van der Waals surface area contributed by atoms with Gasteiger partial charge in [0.25, 0.3) is 0 Å². The Morgan fingerprint density at radius 1 is 1.26 bits per heavy atom. The monoisotopic (exact) mass is 278 g/mol. The number of hydrogen-bond acceptors (Lipinski definition) is 3. The van der Waals surface area contributed by atoms with E-state index in [0.29, 0.717) is 0 Å². The second-order valence-electron chi connectivity index (χ2n) is 6.22. The average Bonchev–Trinajstić information content (AvgIpc) is 2.83. The van der Waals surface area contributed by atoms with E-state index in [0.717, 1.165) is 18.6 Å². The summed E-state index contributed by atoms with van der Waals surface area (Å²) in [6.45, 7) is 9.69. The Labute approximate surface area is 121 Å². The molecule has 0 amide bonds. The molecule has 2 aliphatic rings. The van der Waals surface area contributed by atoms with E-state index in [2.05, 4.69) is 34.4 Å². The molecule has 0 radical (unpaired) electrons. The molecule has 3 heterocycles. The summed E-state index contributed by atoms with van der Waals surface area (Å²) in [5.74, 6) is 0. The van der Waals surface area contributed by atoms with Gasteiger partial charge in [-0.1, -0.05) is 13.3 Å². The van der Waals surface area contributed by atoms with Crippen molar-refractivity contribution in [3.63, 3.8) is 0 Å². The number of piperidine rings is 1. The third-order valence-corrected chi connectivity index (χ3v) is 5.87. The largest absolute Gasteiger partial charge is 0.298 e. The molecule has 19 heavy (non-hydrogen) atoms. The molecule has 0 bridgehead atoms. The fourth-order valence-corrected chi connectivity index (χ4v) is 4.51. The Kier molecular flexibility index (Phi) is 4.25. The summed E-state index contributed by atoms with van der Waals surface area (Å²) in [5.41, 5.74) is 3.03. The van der Waals surface area contributed by atoms with Crippen LogP contribution in [0.2, 0.25) is 0 Å². The van der Waals surface area contributed by atoms with Crippen LogP contribution in [0.5, 0.6) is 0 Å². The van der Waals surface area contributed by atoms with Crippen molar-refractivity contribution in [3.8, 4) is 0 Å². The molecular formula is C16H26N2S. The highest BCUT2D eigenvalue weighted by atomic mass is 32.1. The first-order valence-electron chi connectivity index (χ1n) is 7.77. The summed E-state index contributed by atoms with van der Waals surface area (Å²) in [6.07, 6.45) is 5.54. The van der Waals surface area contributed by atoms with Gasteiger partial charge in [0, 0.05) is 31.7 Å². The second-order valence-corrected chi connectivity index (χ2v) is 6.96. The minimum absolute atomic E-state index is 0.758. The van der Waals surface area contributed by atoms with Gasteiger partial charge in [0.05, 0.1) is 0 Å². The van der Waals surface area contributed by atoms with Crippen molar-refractivity contribution >= 4 is 11.3 Å².